The molecule has 0 bridgehead atoms. The molecule has 19 heavy (non-hydrogen) atoms. The minimum Gasteiger partial charge on any atom is -0.489 e. The maximum Gasteiger partial charge on any atom is 0.401 e. The summed E-state index contributed by atoms with van der Waals surface area (Å²) in [7, 11) is 0. The Morgan fingerprint density at radius 2 is 1.89 bits per heavy atom. The van der Waals surface area contributed by atoms with Gasteiger partial charge in [0.05, 0.1) is 6.54 Å². The van der Waals surface area contributed by atoms with Crippen LogP contribution in [0.3, 0.4) is 0 Å². The molecular formula is C14H20F3NO. The van der Waals surface area contributed by atoms with E-state index in [-0.39, 0.29) is 12.6 Å². The molecule has 1 rings (SSSR count). The average Bonchev–Trinajstić information content (AvgIpc) is 2.27. The molecule has 1 aromatic carbocycles. The summed E-state index contributed by atoms with van der Waals surface area (Å²) in [6.07, 6.45) is -4.50. The zero-order valence-electron chi connectivity index (χ0n) is 11.4. The summed E-state index contributed by atoms with van der Waals surface area (Å²) in [4.78, 5) is 0. The van der Waals surface area contributed by atoms with Crippen molar-refractivity contribution in [3.63, 3.8) is 0 Å². The predicted molar refractivity (Wildman–Crippen MR) is 69.5 cm³/mol. The minimum absolute atomic E-state index is 0.158. The highest BCUT2D eigenvalue weighted by atomic mass is 19.4. The summed E-state index contributed by atoms with van der Waals surface area (Å²) in [5, 5.41) is 2.33. The van der Waals surface area contributed by atoms with Gasteiger partial charge in [-0.05, 0) is 30.5 Å². The Morgan fingerprint density at radius 3 is 2.47 bits per heavy atom. The number of hydrogen-bond acceptors (Lipinski definition) is 2. The van der Waals surface area contributed by atoms with Gasteiger partial charge in [-0.1, -0.05) is 26.0 Å². The van der Waals surface area contributed by atoms with Crippen LogP contribution in [0.2, 0.25) is 0 Å². The largest absolute Gasteiger partial charge is 0.489 e. The van der Waals surface area contributed by atoms with Crippen LogP contribution in [0.5, 0.6) is 5.75 Å². The molecule has 1 N–H and O–H groups in total. The molecule has 2 nitrogen and oxygen atoms in total. The molecule has 0 saturated heterocycles. The smallest absolute Gasteiger partial charge is 0.401 e. The van der Waals surface area contributed by atoms with Crippen molar-refractivity contribution in [3.8, 4) is 5.75 Å². The second-order valence-electron chi connectivity index (χ2n) is 4.90. The second kappa shape index (κ2) is 6.80. The molecule has 1 atom stereocenters. The first-order valence-corrected chi connectivity index (χ1v) is 6.32. The highest BCUT2D eigenvalue weighted by Gasteiger charge is 2.26. The average molecular weight is 275 g/mol. The molecule has 0 saturated carbocycles. The summed E-state index contributed by atoms with van der Waals surface area (Å²) >= 11 is 0. The highest BCUT2D eigenvalue weighted by Crippen LogP contribution is 2.21. The lowest BCUT2D eigenvalue weighted by atomic mass is 10.0. The van der Waals surface area contributed by atoms with Gasteiger partial charge in [-0.15, -0.1) is 0 Å². The summed E-state index contributed by atoms with van der Waals surface area (Å²) in [5.41, 5.74) is 1.15. The molecule has 0 aliphatic carbocycles. The third-order valence-corrected chi connectivity index (χ3v) is 2.62. The quantitative estimate of drug-likeness (QED) is 0.854. The van der Waals surface area contributed by atoms with Crippen molar-refractivity contribution < 1.29 is 17.9 Å². The van der Waals surface area contributed by atoms with E-state index in [9.17, 15) is 13.2 Å². The van der Waals surface area contributed by atoms with E-state index in [0.29, 0.717) is 11.7 Å². The number of benzene rings is 1. The fourth-order valence-electron chi connectivity index (χ4n) is 1.64. The molecule has 1 unspecified atom stereocenters. The zero-order valence-corrected chi connectivity index (χ0v) is 11.4. The minimum atomic E-state index is -4.18. The lowest BCUT2D eigenvalue weighted by Gasteiger charge is -2.17. The summed E-state index contributed by atoms with van der Waals surface area (Å²) < 4.78 is 41.5. The van der Waals surface area contributed by atoms with Crippen molar-refractivity contribution in [1.29, 1.82) is 0 Å². The number of halogens is 3. The van der Waals surface area contributed by atoms with Crippen molar-refractivity contribution in [1.82, 2.24) is 5.32 Å². The maximum atomic E-state index is 12.0. The molecule has 0 radical (unpaired) electrons. The van der Waals surface area contributed by atoms with E-state index in [0.717, 1.165) is 5.56 Å². The number of nitrogens with one attached hydrogen (secondary N) is 1. The number of ether oxygens (including phenoxy) is 1. The van der Waals surface area contributed by atoms with E-state index in [1.165, 1.54) is 0 Å². The lowest BCUT2D eigenvalue weighted by molar-refractivity contribution is -0.125. The Kier molecular flexibility index (Phi) is 5.66. The molecule has 108 valence electrons. The Labute approximate surface area is 112 Å². The molecule has 1 aromatic rings. The Bertz CT molecular complexity index is 391. The van der Waals surface area contributed by atoms with Crippen molar-refractivity contribution >= 4 is 0 Å². The first kappa shape index (κ1) is 15.8. The topological polar surface area (TPSA) is 21.3 Å². The molecule has 5 heteroatoms. The van der Waals surface area contributed by atoms with Gasteiger partial charge in [0.1, 0.15) is 11.9 Å². The van der Waals surface area contributed by atoms with E-state index in [1.54, 1.807) is 6.92 Å². The van der Waals surface area contributed by atoms with E-state index < -0.39 is 12.7 Å². The van der Waals surface area contributed by atoms with Crippen molar-refractivity contribution in [2.45, 2.75) is 39.0 Å². The van der Waals surface area contributed by atoms with Gasteiger partial charge in [-0.25, -0.2) is 0 Å². The molecule has 0 heterocycles. The third-order valence-electron chi connectivity index (χ3n) is 2.62. The Balaban J connectivity index is 2.44. The van der Waals surface area contributed by atoms with Crippen molar-refractivity contribution in [2.24, 2.45) is 0 Å². The van der Waals surface area contributed by atoms with Crippen LogP contribution >= 0.6 is 0 Å². The summed E-state index contributed by atoms with van der Waals surface area (Å²) in [5.74, 6) is 1.08. The number of hydrogen-bond donors (Lipinski definition) is 1. The fraction of sp³-hybridized carbons (Fsp3) is 0.571. The monoisotopic (exact) mass is 275 g/mol. The van der Waals surface area contributed by atoms with Crippen LogP contribution in [0.15, 0.2) is 24.3 Å². The number of rotatable bonds is 6. The SMILES string of the molecule is CC(CNCC(F)(F)F)Oc1cccc(C(C)C)c1. The molecule has 0 aliphatic rings. The van der Waals surface area contributed by atoms with E-state index in [1.807, 2.05) is 24.3 Å². The second-order valence-corrected chi connectivity index (χ2v) is 4.90. The van der Waals surface area contributed by atoms with Crippen LogP contribution in [0.25, 0.3) is 0 Å². The number of alkyl halides is 3. The lowest BCUT2D eigenvalue weighted by Crippen LogP contribution is -2.35. The van der Waals surface area contributed by atoms with Crippen LogP contribution in [-0.2, 0) is 0 Å². The van der Waals surface area contributed by atoms with Gasteiger partial charge < -0.3 is 10.1 Å². The first-order valence-electron chi connectivity index (χ1n) is 6.32. The zero-order chi connectivity index (χ0) is 14.5. The summed E-state index contributed by atoms with van der Waals surface area (Å²) in [6, 6.07) is 7.63. The van der Waals surface area contributed by atoms with Gasteiger partial charge >= 0.3 is 6.18 Å². The molecular weight excluding hydrogens is 255 g/mol. The van der Waals surface area contributed by atoms with Gasteiger partial charge in [0.25, 0.3) is 0 Å². The molecule has 0 amide bonds. The van der Waals surface area contributed by atoms with Crippen molar-refractivity contribution in [3.05, 3.63) is 29.8 Å². The van der Waals surface area contributed by atoms with E-state index in [2.05, 4.69) is 19.2 Å². The van der Waals surface area contributed by atoms with E-state index >= 15 is 0 Å². The third kappa shape index (κ3) is 6.47. The Hall–Kier alpha value is -1.23. The molecule has 0 fully saturated rings. The van der Waals surface area contributed by atoms with Crippen LogP contribution in [-0.4, -0.2) is 25.4 Å². The van der Waals surface area contributed by atoms with Crippen LogP contribution < -0.4 is 10.1 Å². The van der Waals surface area contributed by atoms with Gasteiger partial charge in [0.2, 0.25) is 0 Å². The predicted octanol–water partition coefficient (Wildman–Crippen LogP) is 3.73. The normalized spacial score (nSPS) is 13.6. The van der Waals surface area contributed by atoms with Gasteiger partial charge in [-0.2, -0.15) is 13.2 Å². The summed E-state index contributed by atoms with van der Waals surface area (Å²) in [6.45, 7) is 5.06. The van der Waals surface area contributed by atoms with Gasteiger partial charge in [-0.3, -0.25) is 0 Å². The Morgan fingerprint density at radius 1 is 1.21 bits per heavy atom. The molecule has 0 aromatic heterocycles. The van der Waals surface area contributed by atoms with Gasteiger partial charge in [0.15, 0.2) is 0 Å². The van der Waals surface area contributed by atoms with Crippen LogP contribution in [0.4, 0.5) is 13.2 Å². The highest BCUT2D eigenvalue weighted by molar-refractivity contribution is 5.30. The van der Waals surface area contributed by atoms with Gasteiger partial charge in [0, 0.05) is 6.54 Å². The fourth-order valence-corrected chi connectivity index (χ4v) is 1.64. The van der Waals surface area contributed by atoms with Crippen LogP contribution in [0, 0.1) is 0 Å². The molecule has 0 spiro atoms. The first-order chi connectivity index (χ1) is 8.78. The van der Waals surface area contributed by atoms with E-state index in [4.69, 9.17) is 4.74 Å². The molecule has 0 aliphatic heterocycles. The standard InChI is InChI=1S/C14H20F3NO/c1-10(2)12-5-4-6-13(7-12)19-11(3)8-18-9-14(15,16)17/h4-7,10-11,18H,8-9H2,1-3H3. The van der Waals surface area contributed by atoms with Crippen molar-refractivity contribution in [2.75, 3.05) is 13.1 Å². The van der Waals surface area contributed by atoms with Crippen LogP contribution in [0.1, 0.15) is 32.3 Å². The maximum absolute atomic E-state index is 12.0.